The molecule has 0 atom stereocenters. The molecule has 1 aliphatic rings. The molecule has 0 bridgehead atoms. The van der Waals surface area contributed by atoms with E-state index in [0.29, 0.717) is 17.0 Å². The smallest absolute Gasteiger partial charge is 0.256 e. The minimum absolute atomic E-state index is 0.103. The zero-order valence-corrected chi connectivity index (χ0v) is 23.5. The molecule has 1 N–H and O–H groups in total. The zero-order chi connectivity index (χ0) is 28.1. The molecule has 0 spiro atoms. The number of benzene rings is 4. The van der Waals surface area contributed by atoms with Crippen LogP contribution in [0.1, 0.15) is 52.4 Å². The summed E-state index contributed by atoms with van der Waals surface area (Å²) in [6, 6.07) is 32.8. The molecule has 202 valence electrons. The normalized spacial score (nSPS) is 13.7. The molecule has 1 saturated heterocycles. The maximum atomic E-state index is 13.4. The summed E-state index contributed by atoms with van der Waals surface area (Å²) >= 11 is 0. The van der Waals surface area contributed by atoms with Gasteiger partial charge < -0.3 is 10.2 Å². The molecule has 4 aromatic carbocycles. The van der Waals surface area contributed by atoms with E-state index in [4.69, 9.17) is 5.26 Å². The lowest BCUT2D eigenvalue weighted by molar-refractivity contribution is 0.102. The zero-order valence-electron chi connectivity index (χ0n) is 23.5. The van der Waals surface area contributed by atoms with E-state index in [1.54, 1.807) is 0 Å². The Kier molecular flexibility index (Phi) is 8.28. The van der Waals surface area contributed by atoms with E-state index in [0.717, 1.165) is 60.8 Å². The Morgan fingerprint density at radius 1 is 0.900 bits per heavy atom. The largest absolute Gasteiger partial charge is 0.369 e. The highest BCUT2D eigenvalue weighted by atomic mass is 16.1. The maximum absolute atomic E-state index is 13.4. The summed E-state index contributed by atoms with van der Waals surface area (Å²) in [6.45, 7) is 11.0. The molecule has 1 heterocycles. The van der Waals surface area contributed by atoms with Crippen molar-refractivity contribution < 1.29 is 4.79 Å². The van der Waals surface area contributed by atoms with Crippen molar-refractivity contribution in [3.05, 3.63) is 119 Å². The van der Waals surface area contributed by atoms with E-state index >= 15 is 0 Å². The van der Waals surface area contributed by atoms with Gasteiger partial charge in [0.1, 0.15) is 0 Å². The number of nitriles is 1. The standard InChI is InChI=1S/C35H36N4O/c1-25(2)29-8-10-30(11-9-29)33-16-7-26(3)21-34(33)35(40)37-31-12-14-32(15-13-31)39-19-17-38(18-20-39)24-28-6-4-5-27(22-28)23-36/h4-16,21-22,25H,17-20,24H2,1-3H3,(H,37,40). The number of rotatable bonds is 7. The summed E-state index contributed by atoms with van der Waals surface area (Å²) in [5, 5.41) is 12.3. The molecule has 5 heteroatoms. The van der Waals surface area contributed by atoms with Crippen LogP contribution in [0.5, 0.6) is 0 Å². The summed E-state index contributed by atoms with van der Waals surface area (Å²) < 4.78 is 0. The SMILES string of the molecule is Cc1ccc(-c2ccc(C(C)C)cc2)c(C(=O)Nc2ccc(N3CCN(Cc4cccc(C#N)c4)CC3)cc2)c1. The number of carbonyl (C=O) groups is 1. The van der Waals surface area contributed by atoms with Gasteiger partial charge in [0.25, 0.3) is 5.91 Å². The van der Waals surface area contributed by atoms with E-state index in [1.165, 1.54) is 11.1 Å². The van der Waals surface area contributed by atoms with Gasteiger partial charge in [0.15, 0.2) is 0 Å². The summed E-state index contributed by atoms with van der Waals surface area (Å²) in [4.78, 5) is 18.2. The number of carbonyl (C=O) groups excluding carboxylic acids is 1. The molecule has 1 fully saturated rings. The fraction of sp³-hybridized carbons (Fsp3) is 0.257. The molecule has 0 aliphatic carbocycles. The number of piperazine rings is 1. The lowest BCUT2D eigenvalue weighted by Gasteiger charge is -2.36. The van der Waals surface area contributed by atoms with Gasteiger partial charge in [-0.05, 0) is 77.6 Å². The van der Waals surface area contributed by atoms with Crippen molar-refractivity contribution in [2.75, 3.05) is 36.4 Å². The molecular formula is C35H36N4O. The van der Waals surface area contributed by atoms with Gasteiger partial charge in [0.05, 0.1) is 11.6 Å². The molecular weight excluding hydrogens is 492 g/mol. The highest BCUT2D eigenvalue weighted by Crippen LogP contribution is 2.28. The number of hydrogen-bond acceptors (Lipinski definition) is 4. The maximum Gasteiger partial charge on any atom is 0.256 e. The number of nitrogens with one attached hydrogen (secondary N) is 1. The van der Waals surface area contributed by atoms with Crippen molar-refractivity contribution in [2.24, 2.45) is 0 Å². The second-order valence-electron chi connectivity index (χ2n) is 10.9. The van der Waals surface area contributed by atoms with Gasteiger partial charge in [0.2, 0.25) is 0 Å². The quantitative estimate of drug-likeness (QED) is 0.275. The topological polar surface area (TPSA) is 59.4 Å². The third kappa shape index (κ3) is 6.42. The summed E-state index contributed by atoms with van der Waals surface area (Å²) in [6.07, 6.45) is 0. The average molecular weight is 529 g/mol. The lowest BCUT2D eigenvalue weighted by atomic mass is 9.94. The highest BCUT2D eigenvalue weighted by Gasteiger charge is 2.18. The van der Waals surface area contributed by atoms with E-state index in [2.05, 4.69) is 83.6 Å². The minimum Gasteiger partial charge on any atom is -0.369 e. The van der Waals surface area contributed by atoms with Crippen LogP contribution in [0, 0.1) is 18.3 Å². The van der Waals surface area contributed by atoms with Gasteiger partial charge in [-0.2, -0.15) is 5.26 Å². The van der Waals surface area contributed by atoms with Crippen LogP contribution < -0.4 is 10.2 Å². The predicted octanol–water partition coefficient (Wildman–Crippen LogP) is 7.23. The Morgan fingerprint density at radius 3 is 2.30 bits per heavy atom. The van der Waals surface area contributed by atoms with Crippen LogP contribution in [0.4, 0.5) is 11.4 Å². The average Bonchev–Trinajstić information content (AvgIpc) is 2.98. The number of anilines is 2. The Balaban J connectivity index is 1.22. The fourth-order valence-corrected chi connectivity index (χ4v) is 5.26. The van der Waals surface area contributed by atoms with Gasteiger partial charge >= 0.3 is 0 Å². The van der Waals surface area contributed by atoms with Crippen LogP contribution in [0.3, 0.4) is 0 Å². The van der Waals surface area contributed by atoms with Crippen LogP contribution >= 0.6 is 0 Å². The molecule has 0 radical (unpaired) electrons. The van der Waals surface area contributed by atoms with Crippen molar-refractivity contribution in [2.45, 2.75) is 33.2 Å². The van der Waals surface area contributed by atoms with Crippen LogP contribution in [-0.4, -0.2) is 37.0 Å². The molecule has 0 saturated carbocycles. The number of aryl methyl sites for hydroxylation is 1. The van der Waals surface area contributed by atoms with Gasteiger partial charge in [0, 0.05) is 49.7 Å². The van der Waals surface area contributed by atoms with E-state index < -0.39 is 0 Å². The van der Waals surface area contributed by atoms with Gasteiger partial charge in [-0.1, -0.05) is 67.9 Å². The second-order valence-corrected chi connectivity index (χ2v) is 10.9. The summed E-state index contributed by atoms with van der Waals surface area (Å²) in [5.41, 5.74) is 8.83. The van der Waals surface area contributed by atoms with E-state index in [-0.39, 0.29) is 5.91 Å². The lowest BCUT2D eigenvalue weighted by Crippen LogP contribution is -2.45. The van der Waals surface area contributed by atoms with Crippen LogP contribution in [0.15, 0.2) is 91.0 Å². The summed E-state index contributed by atoms with van der Waals surface area (Å²) in [7, 11) is 0. The molecule has 40 heavy (non-hydrogen) atoms. The number of hydrogen-bond donors (Lipinski definition) is 1. The minimum atomic E-state index is -0.103. The Morgan fingerprint density at radius 2 is 1.62 bits per heavy atom. The molecule has 5 nitrogen and oxygen atoms in total. The first kappa shape index (κ1) is 27.2. The van der Waals surface area contributed by atoms with E-state index in [1.807, 2.05) is 49.4 Å². The first-order valence-corrected chi connectivity index (χ1v) is 14.0. The van der Waals surface area contributed by atoms with Gasteiger partial charge in [-0.25, -0.2) is 0 Å². The summed E-state index contributed by atoms with van der Waals surface area (Å²) in [5.74, 6) is 0.364. The molecule has 1 aliphatic heterocycles. The van der Waals surface area contributed by atoms with Crippen molar-refractivity contribution in [1.82, 2.24) is 4.90 Å². The molecule has 5 rings (SSSR count). The van der Waals surface area contributed by atoms with Crippen molar-refractivity contribution >= 4 is 17.3 Å². The van der Waals surface area contributed by atoms with Gasteiger partial charge in [-0.3, -0.25) is 9.69 Å². The fourth-order valence-electron chi connectivity index (χ4n) is 5.26. The Labute approximate surface area is 237 Å². The molecule has 0 unspecified atom stereocenters. The molecule has 4 aromatic rings. The highest BCUT2D eigenvalue weighted by molar-refractivity contribution is 6.09. The Bertz CT molecular complexity index is 1510. The van der Waals surface area contributed by atoms with Crippen LogP contribution in [0.2, 0.25) is 0 Å². The van der Waals surface area contributed by atoms with Crippen molar-refractivity contribution in [3.8, 4) is 17.2 Å². The van der Waals surface area contributed by atoms with E-state index in [9.17, 15) is 4.79 Å². The first-order valence-electron chi connectivity index (χ1n) is 14.0. The van der Waals surface area contributed by atoms with Crippen LogP contribution in [0.25, 0.3) is 11.1 Å². The molecule has 1 amide bonds. The Hall–Kier alpha value is -4.40. The van der Waals surface area contributed by atoms with Crippen molar-refractivity contribution in [1.29, 1.82) is 5.26 Å². The molecule has 0 aromatic heterocycles. The third-order valence-electron chi connectivity index (χ3n) is 7.63. The third-order valence-corrected chi connectivity index (χ3v) is 7.63. The first-order chi connectivity index (χ1) is 19.4. The van der Waals surface area contributed by atoms with Gasteiger partial charge in [-0.15, -0.1) is 0 Å². The number of nitrogens with zero attached hydrogens (tertiary/aromatic N) is 3. The second kappa shape index (κ2) is 12.2. The van der Waals surface area contributed by atoms with Crippen LogP contribution in [-0.2, 0) is 6.54 Å². The predicted molar refractivity (Wildman–Crippen MR) is 164 cm³/mol. The van der Waals surface area contributed by atoms with Crippen molar-refractivity contribution in [3.63, 3.8) is 0 Å². The monoisotopic (exact) mass is 528 g/mol. The number of amides is 1.